The van der Waals surface area contributed by atoms with Gasteiger partial charge in [0.05, 0.1) is 70.1 Å². The first-order chi connectivity index (χ1) is 35.4. The Kier molecular flexibility index (Phi) is 13.7. The van der Waals surface area contributed by atoms with Crippen LogP contribution in [0.25, 0.3) is 27.5 Å². The monoisotopic (exact) mass is 1090 g/mol. The average molecular weight is 1090 g/mol. The van der Waals surface area contributed by atoms with Gasteiger partial charge in [-0.3, -0.25) is 4.79 Å². The number of likely N-dealkylation sites (N-methyl/N-ethyl adjacent to an activating group) is 2. The van der Waals surface area contributed by atoms with Gasteiger partial charge in [0.25, 0.3) is 5.91 Å². The van der Waals surface area contributed by atoms with Gasteiger partial charge in [0.2, 0.25) is 11.9 Å². The molecule has 1 amide bonds. The van der Waals surface area contributed by atoms with Crippen molar-refractivity contribution >= 4 is 95.9 Å². The van der Waals surface area contributed by atoms with Crippen molar-refractivity contribution in [3.63, 3.8) is 0 Å². The number of hydrogen-bond acceptors (Lipinski definition) is 15. The van der Waals surface area contributed by atoms with Crippen LogP contribution in [0.4, 0.5) is 27.8 Å². The Morgan fingerprint density at radius 2 is 1.74 bits per heavy atom. The van der Waals surface area contributed by atoms with Crippen molar-refractivity contribution in [2.45, 2.75) is 57.4 Å². The SMILES string of the molecule is C=C(Cn1c(CNc2nc(N3CCN(C)CC3)nc3c(Br)cnn23)nc2c(F)c(Cl)ccc21)C(=O)N1CCN(c2nc(OC[C@@H]3CCCN3C)nc3c2CCN(c2cccc4cccc(Cl)c24)C3)C[C@@H]1CC#N. The number of anilines is 4. The van der Waals surface area contributed by atoms with Crippen LogP contribution in [-0.4, -0.2) is 151 Å². The number of rotatable bonds is 13. The van der Waals surface area contributed by atoms with Crippen molar-refractivity contribution in [1.29, 1.82) is 5.26 Å². The van der Waals surface area contributed by atoms with E-state index in [-0.39, 0.29) is 47.6 Å². The van der Waals surface area contributed by atoms with E-state index < -0.39 is 11.9 Å². The smallest absolute Gasteiger partial charge is 0.318 e. The molecular formula is C51H54BrCl2FN16O2. The lowest BCUT2D eigenvalue weighted by Gasteiger charge is -2.42. The Bertz CT molecular complexity index is 3310. The van der Waals surface area contributed by atoms with E-state index in [9.17, 15) is 10.1 Å². The van der Waals surface area contributed by atoms with E-state index in [1.807, 2.05) is 12.1 Å². The summed E-state index contributed by atoms with van der Waals surface area (Å²) in [6.45, 7) is 11.4. The summed E-state index contributed by atoms with van der Waals surface area (Å²) < 4.78 is 26.3. The van der Waals surface area contributed by atoms with Crippen LogP contribution in [-0.2, 0) is 30.8 Å². The van der Waals surface area contributed by atoms with E-state index in [0.717, 1.165) is 79.1 Å². The molecule has 0 bridgehead atoms. The van der Waals surface area contributed by atoms with Gasteiger partial charge in [-0.05, 0) is 85.5 Å². The maximum Gasteiger partial charge on any atom is 0.318 e. The van der Waals surface area contributed by atoms with Crippen molar-refractivity contribution in [3.8, 4) is 12.1 Å². The minimum Gasteiger partial charge on any atom is -0.462 e. The van der Waals surface area contributed by atoms with Crippen LogP contribution in [0.1, 0.15) is 36.3 Å². The van der Waals surface area contributed by atoms with Crippen molar-refractivity contribution in [2.24, 2.45) is 0 Å². The zero-order chi connectivity index (χ0) is 50.5. The molecular weight excluding hydrogens is 1040 g/mol. The molecule has 7 aromatic rings. The Balaban J connectivity index is 0.851. The molecule has 22 heteroatoms. The first-order valence-corrected chi connectivity index (χ1v) is 26.1. The highest BCUT2D eigenvalue weighted by Gasteiger charge is 2.36. The van der Waals surface area contributed by atoms with Crippen LogP contribution in [0.2, 0.25) is 10.0 Å². The molecule has 3 fully saturated rings. The minimum atomic E-state index is -0.670. The van der Waals surface area contributed by atoms with E-state index in [0.29, 0.717) is 90.1 Å². The number of ether oxygens (including phenoxy) is 1. The van der Waals surface area contributed by atoms with E-state index >= 15 is 4.39 Å². The standard InChI is InChI=1S/C51H54BrCl2FN16O2/c1-31(27-70-41-13-12-38(54)44(55)45(41)60-42(70)26-57-49-63-50(66-21-19-64(2)20-22-66)61-47-36(52)25-58-71(47)49)48(72)69-24-23-68(28-33(69)14-16-56)46-35-15-18-67(40-11-5-8-32-7-4-10-37(53)43(32)40)29-39(35)59-51(62-46)73-30-34-9-6-17-65(34)3/h4-5,7-8,10-13,25,33-34H,1,6,9,14-15,17-24,26-30H2,2-3H3,(H,57,61,63)/t33-,34-/m0/s1. The van der Waals surface area contributed by atoms with Crippen molar-refractivity contribution in [3.05, 3.63) is 104 Å². The summed E-state index contributed by atoms with van der Waals surface area (Å²) in [5.41, 5.74) is 4.25. The molecule has 3 saturated heterocycles. The van der Waals surface area contributed by atoms with Gasteiger partial charge in [0.1, 0.15) is 23.8 Å². The van der Waals surface area contributed by atoms with Crippen LogP contribution >= 0.6 is 39.1 Å². The number of nitrogens with one attached hydrogen (secondary N) is 1. The number of carbonyl (C=O) groups is 1. The van der Waals surface area contributed by atoms with E-state index in [2.05, 4.69) is 102 Å². The Morgan fingerprint density at radius 1 is 0.932 bits per heavy atom. The summed E-state index contributed by atoms with van der Waals surface area (Å²) >= 11 is 16.7. The maximum absolute atomic E-state index is 15.7. The molecule has 2 atom stereocenters. The Hall–Kier alpha value is -6.37. The normalized spacial score (nSPS) is 18.8. The molecule has 11 rings (SSSR count). The lowest BCUT2D eigenvalue weighted by molar-refractivity contribution is -0.129. The number of fused-ring (bicyclic) bond motifs is 4. The van der Waals surface area contributed by atoms with E-state index in [1.54, 1.807) is 26.2 Å². The van der Waals surface area contributed by atoms with Crippen molar-refractivity contribution < 1.29 is 13.9 Å². The molecule has 0 saturated carbocycles. The Labute approximate surface area is 440 Å². The molecule has 4 aromatic heterocycles. The van der Waals surface area contributed by atoms with Gasteiger partial charge < -0.3 is 44.0 Å². The molecule has 378 valence electrons. The molecule has 73 heavy (non-hydrogen) atoms. The Morgan fingerprint density at radius 3 is 2.53 bits per heavy atom. The number of piperazine rings is 2. The summed E-state index contributed by atoms with van der Waals surface area (Å²) in [6, 6.07) is 17.8. The topological polar surface area (TPSA) is 168 Å². The summed E-state index contributed by atoms with van der Waals surface area (Å²) in [4.78, 5) is 52.2. The highest BCUT2D eigenvalue weighted by molar-refractivity contribution is 9.10. The van der Waals surface area contributed by atoms with Crippen LogP contribution in [0.3, 0.4) is 0 Å². The quantitative estimate of drug-likeness (QED) is 0.115. The third kappa shape index (κ3) is 9.57. The van der Waals surface area contributed by atoms with Crippen LogP contribution in [0.5, 0.6) is 6.01 Å². The van der Waals surface area contributed by atoms with E-state index in [4.69, 9.17) is 52.9 Å². The molecule has 1 N–H and O–H groups in total. The van der Waals surface area contributed by atoms with Gasteiger partial charge in [0.15, 0.2) is 11.5 Å². The number of benzene rings is 3. The maximum atomic E-state index is 15.7. The number of aromatic nitrogens is 8. The zero-order valence-electron chi connectivity index (χ0n) is 40.6. The van der Waals surface area contributed by atoms with Gasteiger partial charge in [-0.1, -0.05) is 54.0 Å². The first kappa shape index (κ1) is 48.9. The van der Waals surface area contributed by atoms with Gasteiger partial charge >= 0.3 is 6.01 Å². The summed E-state index contributed by atoms with van der Waals surface area (Å²) in [5.74, 6) is 1.14. The molecule has 4 aliphatic rings. The molecule has 0 aliphatic carbocycles. The molecule has 0 spiro atoms. The molecule has 18 nitrogen and oxygen atoms in total. The number of likely N-dealkylation sites (tertiary alicyclic amines) is 1. The molecule has 3 aromatic carbocycles. The van der Waals surface area contributed by atoms with Gasteiger partial charge in [0, 0.05) is 80.6 Å². The van der Waals surface area contributed by atoms with Crippen LogP contribution < -0.4 is 24.8 Å². The second-order valence-corrected chi connectivity index (χ2v) is 20.9. The van der Waals surface area contributed by atoms with Crippen molar-refractivity contribution in [1.82, 2.24) is 53.8 Å². The van der Waals surface area contributed by atoms with Crippen LogP contribution in [0, 0.1) is 17.1 Å². The number of hydrogen-bond donors (Lipinski definition) is 1. The number of carbonyl (C=O) groups excluding carboxylic acids is 1. The third-order valence-electron chi connectivity index (χ3n) is 14.7. The number of nitriles is 1. The van der Waals surface area contributed by atoms with Crippen LogP contribution in [0.15, 0.2) is 71.4 Å². The molecule has 4 aliphatic heterocycles. The fourth-order valence-corrected chi connectivity index (χ4v) is 11.4. The number of nitrogens with zero attached hydrogens (tertiary/aromatic N) is 15. The fraction of sp³-hybridized carbons (Fsp3) is 0.412. The molecule has 0 unspecified atom stereocenters. The van der Waals surface area contributed by atoms with Crippen molar-refractivity contribution in [2.75, 3.05) is 99.6 Å². The summed E-state index contributed by atoms with van der Waals surface area (Å²) in [6.07, 6.45) is 4.55. The number of imidazole rings is 1. The summed E-state index contributed by atoms with van der Waals surface area (Å²) in [5, 5.41) is 20.8. The minimum absolute atomic E-state index is 0.0132. The second-order valence-electron chi connectivity index (χ2n) is 19.3. The highest BCUT2D eigenvalue weighted by atomic mass is 79.9. The first-order valence-electron chi connectivity index (χ1n) is 24.6. The largest absolute Gasteiger partial charge is 0.462 e. The fourth-order valence-electron chi connectivity index (χ4n) is 10.6. The lowest BCUT2D eigenvalue weighted by atomic mass is 10.0. The van der Waals surface area contributed by atoms with Gasteiger partial charge in [-0.25, -0.2) is 9.37 Å². The third-order valence-corrected chi connectivity index (χ3v) is 15.9. The number of amides is 1. The molecule has 0 radical (unpaired) electrons. The predicted octanol–water partition coefficient (Wildman–Crippen LogP) is 7.21. The lowest BCUT2D eigenvalue weighted by Crippen LogP contribution is -2.56. The number of halogens is 4. The highest BCUT2D eigenvalue weighted by Crippen LogP contribution is 2.38. The molecule has 8 heterocycles. The predicted molar refractivity (Wildman–Crippen MR) is 284 cm³/mol. The second kappa shape index (κ2) is 20.5. The summed E-state index contributed by atoms with van der Waals surface area (Å²) in [7, 11) is 4.20. The van der Waals surface area contributed by atoms with Gasteiger partial charge in [-0.15, -0.1) is 0 Å². The zero-order valence-corrected chi connectivity index (χ0v) is 43.7. The van der Waals surface area contributed by atoms with E-state index in [1.165, 1.54) is 6.07 Å². The van der Waals surface area contributed by atoms with Gasteiger partial charge in [-0.2, -0.15) is 34.8 Å². The average Bonchev–Trinajstić information content (AvgIpc) is 4.11.